The molecule has 0 radical (unpaired) electrons. The standard InChI is InChI=1S/3C11H14O2.Al/c3*1-11(2,3)9-7-5-4-6-8(9)10(12)13;/h3*4-7H,1-3H3,(H,12,13);/q;;;+3/p-3. The fraction of sp³-hybridized carbons (Fsp3) is 0.364. The van der Waals surface area contributed by atoms with Gasteiger partial charge in [0, 0.05) is 16.7 Å². The number of hydrogen-bond acceptors (Lipinski definition) is 6. The second-order valence-electron chi connectivity index (χ2n) is 12.2. The van der Waals surface area contributed by atoms with Gasteiger partial charge in [-0.25, -0.2) is 0 Å². The van der Waals surface area contributed by atoms with Crippen LogP contribution < -0.4 is 15.3 Å². The van der Waals surface area contributed by atoms with E-state index >= 15 is 0 Å². The zero-order chi connectivity index (χ0) is 30.2. The Labute approximate surface area is 249 Å². The minimum absolute atomic E-state index is 0. The van der Waals surface area contributed by atoms with Crippen molar-refractivity contribution < 1.29 is 29.7 Å². The Balaban J connectivity index is 0.000000563. The van der Waals surface area contributed by atoms with E-state index in [1.54, 1.807) is 36.4 Å². The molecule has 0 saturated carbocycles. The number of hydrogen-bond donors (Lipinski definition) is 0. The normalized spacial score (nSPS) is 11.0. The summed E-state index contributed by atoms with van der Waals surface area (Å²) >= 11 is 0. The minimum Gasteiger partial charge on any atom is -0.545 e. The van der Waals surface area contributed by atoms with E-state index in [0.717, 1.165) is 16.7 Å². The molecule has 0 saturated heterocycles. The summed E-state index contributed by atoms with van der Waals surface area (Å²) < 4.78 is 0. The Morgan fingerprint density at radius 3 is 0.725 bits per heavy atom. The van der Waals surface area contributed by atoms with Gasteiger partial charge in [-0.15, -0.1) is 0 Å². The Morgan fingerprint density at radius 2 is 0.600 bits per heavy atom. The van der Waals surface area contributed by atoms with Crippen LogP contribution in [0.15, 0.2) is 72.8 Å². The van der Waals surface area contributed by atoms with Crippen molar-refractivity contribution in [1.82, 2.24) is 0 Å². The maximum atomic E-state index is 10.8. The number of rotatable bonds is 3. The SMILES string of the molecule is CC(C)(C)c1ccccc1C(=O)[O-].CC(C)(C)c1ccccc1C(=O)[O-].CC(C)(C)c1ccccc1C(=O)[O-].[Al+3]. The number of carbonyl (C=O) groups excluding carboxylic acids is 3. The monoisotopic (exact) mass is 558 g/mol. The van der Waals surface area contributed by atoms with Gasteiger partial charge in [0.05, 0.1) is 17.9 Å². The fourth-order valence-electron chi connectivity index (χ4n) is 3.95. The van der Waals surface area contributed by atoms with Gasteiger partial charge in [-0.1, -0.05) is 135 Å². The maximum Gasteiger partial charge on any atom is 3.00 e. The van der Waals surface area contributed by atoms with Crippen molar-refractivity contribution in [2.24, 2.45) is 0 Å². The summed E-state index contributed by atoms with van der Waals surface area (Å²) in [5.41, 5.74) is 2.84. The first-order valence-corrected chi connectivity index (χ1v) is 12.7. The van der Waals surface area contributed by atoms with E-state index in [0.29, 0.717) is 0 Å². The van der Waals surface area contributed by atoms with E-state index in [9.17, 15) is 29.7 Å². The Hall–Kier alpha value is -3.40. The van der Waals surface area contributed by atoms with E-state index in [-0.39, 0.29) is 50.3 Å². The molecule has 0 N–H and O–H groups in total. The molecule has 3 aromatic carbocycles. The molecule has 0 unspecified atom stereocenters. The summed E-state index contributed by atoms with van der Waals surface area (Å²) in [7, 11) is 0. The van der Waals surface area contributed by atoms with Crippen LogP contribution in [0.5, 0.6) is 0 Å². The van der Waals surface area contributed by atoms with Gasteiger partial charge in [-0.3, -0.25) is 0 Å². The molecule has 3 aromatic rings. The average molecular weight is 559 g/mol. The van der Waals surface area contributed by atoms with Gasteiger partial charge in [0.15, 0.2) is 0 Å². The van der Waals surface area contributed by atoms with Gasteiger partial charge in [0.2, 0.25) is 0 Å². The summed E-state index contributed by atoms with van der Waals surface area (Å²) in [6.45, 7) is 17.8. The molecule has 6 nitrogen and oxygen atoms in total. The van der Waals surface area contributed by atoms with Crippen LogP contribution in [0.4, 0.5) is 0 Å². The summed E-state index contributed by atoms with van der Waals surface area (Å²) in [6.07, 6.45) is 0. The summed E-state index contributed by atoms with van der Waals surface area (Å²) in [5.74, 6) is -3.32. The first-order chi connectivity index (χ1) is 17.8. The predicted octanol–water partition coefficient (Wildman–Crippen LogP) is 3.66. The fourth-order valence-corrected chi connectivity index (χ4v) is 3.95. The first-order valence-electron chi connectivity index (χ1n) is 12.7. The number of aromatic carboxylic acids is 3. The Morgan fingerprint density at radius 1 is 0.425 bits per heavy atom. The summed E-state index contributed by atoms with van der Waals surface area (Å²) in [6, 6.07) is 20.9. The molecule has 7 heteroatoms. The molecule has 0 aromatic heterocycles. The van der Waals surface area contributed by atoms with Crippen LogP contribution in [0.25, 0.3) is 0 Å². The van der Waals surface area contributed by atoms with E-state index in [2.05, 4.69) is 0 Å². The van der Waals surface area contributed by atoms with Crippen molar-refractivity contribution in [2.45, 2.75) is 78.6 Å². The second kappa shape index (κ2) is 14.8. The van der Waals surface area contributed by atoms with Crippen LogP contribution in [-0.4, -0.2) is 35.3 Å². The molecule has 0 atom stereocenters. The molecule has 0 aliphatic heterocycles. The third-order valence-electron chi connectivity index (χ3n) is 5.86. The molecule has 0 heterocycles. The summed E-state index contributed by atoms with van der Waals surface area (Å²) in [4.78, 5) is 32.3. The molecule has 0 aliphatic rings. The van der Waals surface area contributed by atoms with E-state index in [1.165, 1.54) is 0 Å². The molecule has 0 amide bonds. The van der Waals surface area contributed by atoms with E-state index in [1.807, 2.05) is 98.7 Å². The predicted molar refractivity (Wildman–Crippen MR) is 154 cm³/mol. The molecule has 0 fully saturated rings. The van der Waals surface area contributed by atoms with Crippen molar-refractivity contribution in [2.75, 3.05) is 0 Å². The third kappa shape index (κ3) is 11.0. The Bertz CT molecular complexity index is 1130. The van der Waals surface area contributed by atoms with E-state index in [4.69, 9.17) is 0 Å². The summed E-state index contributed by atoms with van der Waals surface area (Å²) in [5, 5.41) is 32.3. The maximum absolute atomic E-state index is 10.8. The minimum atomic E-state index is -1.11. The van der Waals surface area contributed by atoms with Gasteiger partial charge in [0.25, 0.3) is 0 Å². The molecule has 210 valence electrons. The van der Waals surface area contributed by atoms with Crippen LogP contribution in [0.2, 0.25) is 0 Å². The zero-order valence-electron chi connectivity index (χ0n) is 25.0. The molecule has 0 spiro atoms. The number of carbonyl (C=O) groups is 3. The van der Waals surface area contributed by atoms with Gasteiger partial charge >= 0.3 is 17.4 Å². The van der Waals surface area contributed by atoms with Crippen LogP contribution >= 0.6 is 0 Å². The van der Waals surface area contributed by atoms with Crippen LogP contribution in [0, 0.1) is 0 Å². The van der Waals surface area contributed by atoms with E-state index < -0.39 is 17.9 Å². The number of carboxylic acid groups (broad SMARTS) is 3. The van der Waals surface area contributed by atoms with Crippen molar-refractivity contribution in [1.29, 1.82) is 0 Å². The van der Waals surface area contributed by atoms with Crippen molar-refractivity contribution in [3.05, 3.63) is 106 Å². The number of benzene rings is 3. The van der Waals surface area contributed by atoms with Gasteiger partial charge < -0.3 is 29.7 Å². The average Bonchev–Trinajstić information content (AvgIpc) is 2.83. The number of carboxylic acids is 3. The topological polar surface area (TPSA) is 120 Å². The first kappa shape index (κ1) is 36.6. The second-order valence-corrected chi connectivity index (χ2v) is 12.2. The van der Waals surface area contributed by atoms with Gasteiger partial charge in [-0.05, 0) is 32.9 Å². The molecular weight excluding hydrogens is 519 g/mol. The molecule has 0 aliphatic carbocycles. The van der Waals surface area contributed by atoms with Crippen LogP contribution in [0.3, 0.4) is 0 Å². The molecule has 0 bridgehead atoms. The van der Waals surface area contributed by atoms with Crippen LogP contribution in [-0.2, 0) is 16.2 Å². The van der Waals surface area contributed by atoms with Gasteiger partial charge in [0.1, 0.15) is 0 Å². The van der Waals surface area contributed by atoms with Crippen molar-refractivity contribution >= 4 is 35.3 Å². The quantitative estimate of drug-likeness (QED) is 0.453. The largest absolute Gasteiger partial charge is 3.00 e. The smallest absolute Gasteiger partial charge is 0.545 e. The van der Waals surface area contributed by atoms with Gasteiger partial charge in [-0.2, -0.15) is 0 Å². The Kier molecular flexibility index (Phi) is 13.6. The zero-order valence-corrected chi connectivity index (χ0v) is 26.1. The molecule has 40 heavy (non-hydrogen) atoms. The van der Waals surface area contributed by atoms with Crippen LogP contribution in [0.1, 0.15) is 110 Å². The third-order valence-corrected chi connectivity index (χ3v) is 5.86. The molecular formula is C33H39AlO6. The van der Waals surface area contributed by atoms with Crippen molar-refractivity contribution in [3.8, 4) is 0 Å². The molecule has 3 rings (SSSR count). The van der Waals surface area contributed by atoms with Crippen molar-refractivity contribution in [3.63, 3.8) is 0 Å².